The van der Waals surface area contributed by atoms with Gasteiger partial charge < -0.3 is 10.1 Å². The Morgan fingerprint density at radius 3 is 2.80 bits per heavy atom. The fraction of sp³-hybridized carbons (Fsp3) is 0.529. The maximum absolute atomic E-state index is 5.50. The largest absolute Gasteiger partial charge is 0.381 e. The van der Waals surface area contributed by atoms with Crippen LogP contribution in [0.5, 0.6) is 0 Å². The number of thiophene rings is 1. The predicted octanol–water partition coefficient (Wildman–Crippen LogP) is 4.68. The lowest BCUT2D eigenvalue weighted by molar-refractivity contribution is 0.132. The highest BCUT2D eigenvalue weighted by molar-refractivity contribution is 7.19. The maximum Gasteiger partial charge on any atom is 0.0478 e. The normalized spacial score (nSPS) is 12.9. The highest BCUT2D eigenvalue weighted by atomic mass is 32.1. The SMILES string of the molecule is CCCOCCCNC(C)c1sc2ccccc2c1C. The summed E-state index contributed by atoms with van der Waals surface area (Å²) in [5.74, 6) is 0. The van der Waals surface area contributed by atoms with E-state index in [-0.39, 0.29) is 0 Å². The molecule has 0 spiro atoms. The second-order valence-corrected chi connectivity index (χ2v) is 6.31. The molecule has 1 aromatic carbocycles. The molecule has 3 heteroatoms. The second kappa shape index (κ2) is 7.77. The zero-order chi connectivity index (χ0) is 14.4. The number of fused-ring (bicyclic) bond motifs is 1. The Labute approximate surface area is 126 Å². The zero-order valence-electron chi connectivity index (χ0n) is 12.7. The molecule has 20 heavy (non-hydrogen) atoms. The van der Waals surface area contributed by atoms with Crippen LogP contribution in [0.1, 0.15) is 43.2 Å². The minimum absolute atomic E-state index is 0.415. The second-order valence-electron chi connectivity index (χ2n) is 5.23. The molecule has 1 aromatic heterocycles. The summed E-state index contributed by atoms with van der Waals surface area (Å²) < 4.78 is 6.89. The lowest BCUT2D eigenvalue weighted by Gasteiger charge is -2.13. The fourth-order valence-corrected chi connectivity index (χ4v) is 3.68. The summed E-state index contributed by atoms with van der Waals surface area (Å²) in [6, 6.07) is 9.08. The third kappa shape index (κ3) is 3.81. The molecular formula is C17H25NOS. The number of nitrogens with one attached hydrogen (secondary N) is 1. The summed E-state index contributed by atoms with van der Waals surface area (Å²) in [6.07, 6.45) is 2.18. The van der Waals surface area contributed by atoms with Crippen LogP contribution < -0.4 is 5.32 Å². The molecule has 0 fully saturated rings. The zero-order valence-corrected chi connectivity index (χ0v) is 13.6. The van der Waals surface area contributed by atoms with Crippen LogP contribution in [0.4, 0.5) is 0 Å². The van der Waals surface area contributed by atoms with Gasteiger partial charge in [0.15, 0.2) is 0 Å². The van der Waals surface area contributed by atoms with E-state index in [0.717, 1.165) is 32.6 Å². The summed E-state index contributed by atoms with van der Waals surface area (Å²) in [5.41, 5.74) is 1.42. The van der Waals surface area contributed by atoms with Crippen molar-refractivity contribution in [3.8, 4) is 0 Å². The Bertz CT molecular complexity index is 535. The number of ether oxygens (including phenoxy) is 1. The van der Waals surface area contributed by atoms with Gasteiger partial charge in [-0.2, -0.15) is 0 Å². The van der Waals surface area contributed by atoms with E-state index in [0.29, 0.717) is 6.04 Å². The van der Waals surface area contributed by atoms with Gasteiger partial charge in [-0.15, -0.1) is 11.3 Å². The smallest absolute Gasteiger partial charge is 0.0478 e. The Kier molecular flexibility index (Phi) is 6.02. The van der Waals surface area contributed by atoms with Crippen molar-refractivity contribution in [1.82, 2.24) is 5.32 Å². The Balaban J connectivity index is 1.88. The van der Waals surface area contributed by atoms with Crippen LogP contribution in [0.15, 0.2) is 24.3 Å². The Hall–Kier alpha value is -0.900. The number of aryl methyl sites for hydroxylation is 1. The quantitative estimate of drug-likeness (QED) is 0.713. The van der Waals surface area contributed by atoms with Gasteiger partial charge in [-0.05, 0) is 50.2 Å². The predicted molar refractivity (Wildman–Crippen MR) is 88.7 cm³/mol. The molecule has 0 aliphatic rings. The van der Waals surface area contributed by atoms with Crippen LogP contribution in [-0.4, -0.2) is 19.8 Å². The van der Waals surface area contributed by atoms with E-state index in [1.165, 1.54) is 20.5 Å². The van der Waals surface area contributed by atoms with Crippen LogP contribution in [0.25, 0.3) is 10.1 Å². The van der Waals surface area contributed by atoms with E-state index in [9.17, 15) is 0 Å². The third-order valence-corrected chi connectivity index (χ3v) is 4.99. The standard InChI is InChI=1S/C17H25NOS/c1-4-11-19-12-7-10-18-14(3)17-13(2)15-8-5-6-9-16(15)20-17/h5-6,8-9,14,18H,4,7,10-12H2,1-3H3. The molecule has 2 aromatic rings. The van der Waals surface area contributed by atoms with Crippen molar-refractivity contribution < 1.29 is 4.74 Å². The van der Waals surface area contributed by atoms with Gasteiger partial charge >= 0.3 is 0 Å². The summed E-state index contributed by atoms with van der Waals surface area (Å²) in [5, 5.41) is 5.00. The molecule has 0 bridgehead atoms. The summed E-state index contributed by atoms with van der Waals surface area (Å²) in [4.78, 5) is 1.46. The summed E-state index contributed by atoms with van der Waals surface area (Å²) in [7, 11) is 0. The first-order chi connectivity index (χ1) is 9.74. The summed E-state index contributed by atoms with van der Waals surface area (Å²) in [6.45, 7) is 9.38. The molecule has 2 nitrogen and oxygen atoms in total. The highest BCUT2D eigenvalue weighted by Gasteiger charge is 2.13. The molecule has 0 aliphatic heterocycles. The maximum atomic E-state index is 5.50. The van der Waals surface area contributed by atoms with Crippen molar-refractivity contribution in [3.05, 3.63) is 34.7 Å². The lowest BCUT2D eigenvalue weighted by Crippen LogP contribution is -2.20. The van der Waals surface area contributed by atoms with E-state index in [4.69, 9.17) is 4.74 Å². The average Bonchev–Trinajstić information content (AvgIpc) is 2.80. The van der Waals surface area contributed by atoms with Crippen LogP contribution in [-0.2, 0) is 4.74 Å². The van der Waals surface area contributed by atoms with Crippen LogP contribution >= 0.6 is 11.3 Å². The Morgan fingerprint density at radius 1 is 1.25 bits per heavy atom. The molecule has 0 radical (unpaired) electrons. The van der Waals surface area contributed by atoms with Crippen LogP contribution in [0.2, 0.25) is 0 Å². The third-order valence-electron chi connectivity index (χ3n) is 3.54. The van der Waals surface area contributed by atoms with E-state index in [1.54, 1.807) is 0 Å². The van der Waals surface area contributed by atoms with Gasteiger partial charge in [0.25, 0.3) is 0 Å². The van der Waals surface area contributed by atoms with Crippen LogP contribution in [0.3, 0.4) is 0 Å². The molecule has 2 rings (SSSR count). The van der Waals surface area contributed by atoms with Crippen molar-refractivity contribution in [2.24, 2.45) is 0 Å². The van der Waals surface area contributed by atoms with Crippen molar-refractivity contribution in [1.29, 1.82) is 0 Å². The number of hydrogen-bond acceptors (Lipinski definition) is 3. The summed E-state index contributed by atoms with van der Waals surface area (Å²) >= 11 is 1.91. The van der Waals surface area contributed by atoms with Gasteiger partial charge in [0.05, 0.1) is 0 Å². The number of hydrogen-bond donors (Lipinski definition) is 1. The molecule has 0 saturated carbocycles. The van der Waals surface area contributed by atoms with E-state index >= 15 is 0 Å². The lowest BCUT2D eigenvalue weighted by atomic mass is 10.1. The molecule has 1 atom stereocenters. The van der Waals surface area contributed by atoms with Gasteiger partial charge in [0.2, 0.25) is 0 Å². The van der Waals surface area contributed by atoms with Crippen molar-refractivity contribution in [2.75, 3.05) is 19.8 Å². The number of benzene rings is 1. The van der Waals surface area contributed by atoms with E-state index in [1.807, 2.05) is 11.3 Å². The molecule has 1 N–H and O–H groups in total. The van der Waals surface area contributed by atoms with Gasteiger partial charge in [0, 0.05) is 28.8 Å². The van der Waals surface area contributed by atoms with Crippen molar-refractivity contribution >= 4 is 21.4 Å². The molecule has 1 unspecified atom stereocenters. The minimum Gasteiger partial charge on any atom is -0.381 e. The van der Waals surface area contributed by atoms with Gasteiger partial charge in [-0.25, -0.2) is 0 Å². The topological polar surface area (TPSA) is 21.3 Å². The van der Waals surface area contributed by atoms with E-state index in [2.05, 4.69) is 50.4 Å². The first kappa shape index (κ1) is 15.5. The molecule has 0 amide bonds. The molecule has 0 aliphatic carbocycles. The molecule has 110 valence electrons. The average molecular weight is 291 g/mol. The molecule has 1 heterocycles. The molecule has 0 saturated heterocycles. The Morgan fingerprint density at radius 2 is 2.05 bits per heavy atom. The molecular weight excluding hydrogens is 266 g/mol. The van der Waals surface area contributed by atoms with E-state index < -0.39 is 0 Å². The number of rotatable bonds is 8. The van der Waals surface area contributed by atoms with Crippen molar-refractivity contribution in [2.45, 2.75) is 39.7 Å². The van der Waals surface area contributed by atoms with Crippen LogP contribution in [0, 0.1) is 6.92 Å². The highest BCUT2D eigenvalue weighted by Crippen LogP contribution is 2.34. The van der Waals surface area contributed by atoms with Gasteiger partial charge in [0.1, 0.15) is 0 Å². The van der Waals surface area contributed by atoms with Gasteiger partial charge in [-0.1, -0.05) is 25.1 Å². The van der Waals surface area contributed by atoms with Gasteiger partial charge in [-0.3, -0.25) is 0 Å². The minimum atomic E-state index is 0.415. The first-order valence-corrected chi connectivity index (χ1v) is 8.34. The van der Waals surface area contributed by atoms with Crippen molar-refractivity contribution in [3.63, 3.8) is 0 Å². The fourth-order valence-electron chi connectivity index (χ4n) is 2.44. The monoisotopic (exact) mass is 291 g/mol. The first-order valence-electron chi connectivity index (χ1n) is 7.53.